The summed E-state index contributed by atoms with van der Waals surface area (Å²) in [4.78, 5) is 10.9. The Kier molecular flexibility index (Phi) is 13.9. The zero-order valence-corrected chi connectivity index (χ0v) is 12.3. The van der Waals surface area contributed by atoms with E-state index in [9.17, 15) is 4.79 Å². The van der Waals surface area contributed by atoms with E-state index in [0.29, 0.717) is 0 Å². The third kappa shape index (κ3) is 11.2. The van der Waals surface area contributed by atoms with Crippen LogP contribution in [-0.4, -0.2) is 5.78 Å². The molecular weight excluding hydrogens is 208 g/mol. The summed E-state index contributed by atoms with van der Waals surface area (Å²) < 4.78 is 0. The van der Waals surface area contributed by atoms with Gasteiger partial charge < -0.3 is 0 Å². The van der Waals surface area contributed by atoms with Crippen LogP contribution in [0.2, 0.25) is 0 Å². The number of hydrogen-bond acceptors (Lipinski definition) is 1. The molecule has 1 heteroatoms. The summed E-state index contributed by atoms with van der Waals surface area (Å²) in [5.74, 6) is 0.257. The first kappa shape index (κ1) is 18.3. The molecule has 0 amide bonds. The van der Waals surface area contributed by atoms with Crippen molar-refractivity contribution >= 4 is 5.78 Å². The van der Waals surface area contributed by atoms with E-state index in [0.717, 1.165) is 5.56 Å². The van der Waals surface area contributed by atoms with Gasteiger partial charge in [0, 0.05) is 5.92 Å². The van der Waals surface area contributed by atoms with Gasteiger partial charge in [0.2, 0.25) is 0 Å². The zero-order chi connectivity index (χ0) is 13.7. The van der Waals surface area contributed by atoms with E-state index in [1.807, 2.05) is 37.3 Å². The molecule has 1 atom stereocenters. The van der Waals surface area contributed by atoms with Crippen LogP contribution in [0.15, 0.2) is 30.3 Å². The predicted octanol–water partition coefficient (Wildman–Crippen LogP) is 5.21. The monoisotopic (exact) mass is 236 g/mol. The van der Waals surface area contributed by atoms with Gasteiger partial charge in [-0.1, -0.05) is 77.8 Å². The minimum absolute atomic E-state index is 0.0381. The van der Waals surface area contributed by atoms with Gasteiger partial charge >= 0.3 is 0 Å². The molecule has 1 aromatic rings. The topological polar surface area (TPSA) is 17.1 Å². The van der Waals surface area contributed by atoms with Crippen molar-refractivity contribution in [3.8, 4) is 0 Å². The van der Waals surface area contributed by atoms with E-state index in [1.54, 1.807) is 6.92 Å². The van der Waals surface area contributed by atoms with Crippen molar-refractivity contribution in [2.24, 2.45) is 0 Å². The van der Waals surface area contributed by atoms with E-state index in [1.165, 1.54) is 12.8 Å². The molecule has 98 valence electrons. The van der Waals surface area contributed by atoms with Gasteiger partial charge in [-0.2, -0.15) is 0 Å². The van der Waals surface area contributed by atoms with Crippen LogP contribution in [0.3, 0.4) is 0 Å². The normalized spacial score (nSPS) is 10.2. The van der Waals surface area contributed by atoms with Crippen LogP contribution in [0.1, 0.15) is 65.9 Å². The van der Waals surface area contributed by atoms with Crippen LogP contribution in [0.4, 0.5) is 0 Å². The first-order valence-corrected chi connectivity index (χ1v) is 6.60. The van der Waals surface area contributed by atoms with Crippen LogP contribution >= 0.6 is 0 Å². The Morgan fingerprint density at radius 2 is 1.35 bits per heavy atom. The molecule has 0 radical (unpaired) electrons. The molecule has 1 nitrogen and oxygen atoms in total. The van der Waals surface area contributed by atoms with Crippen molar-refractivity contribution in [2.45, 2.75) is 60.3 Å². The van der Waals surface area contributed by atoms with Gasteiger partial charge in [-0.3, -0.25) is 4.79 Å². The Labute approximate surface area is 107 Å². The summed E-state index contributed by atoms with van der Waals surface area (Å²) in [5.41, 5.74) is 1.10. The highest BCUT2D eigenvalue weighted by Gasteiger charge is 2.08. The summed E-state index contributed by atoms with van der Waals surface area (Å²) in [7, 11) is 0. The van der Waals surface area contributed by atoms with Gasteiger partial charge in [-0.15, -0.1) is 0 Å². The smallest absolute Gasteiger partial charge is 0.136 e. The molecule has 0 aromatic heterocycles. The summed E-state index contributed by atoms with van der Waals surface area (Å²) >= 11 is 0. The minimum atomic E-state index is 0.0381. The number of benzene rings is 1. The summed E-state index contributed by atoms with van der Waals surface area (Å²) in [6, 6.07) is 9.82. The molecule has 0 bridgehead atoms. The predicted molar refractivity (Wildman–Crippen MR) is 77.5 cm³/mol. The average molecular weight is 236 g/mol. The second-order valence-corrected chi connectivity index (χ2v) is 4.16. The van der Waals surface area contributed by atoms with E-state index in [2.05, 4.69) is 27.7 Å². The van der Waals surface area contributed by atoms with Crippen molar-refractivity contribution in [3.63, 3.8) is 0 Å². The molecule has 0 aliphatic rings. The quantitative estimate of drug-likeness (QED) is 0.688. The minimum Gasteiger partial charge on any atom is -0.299 e. The average Bonchev–Trinajstić information content (AvgIpc) is 2.31. The van der Waals surface area contributed by atoms with Crippen molar-refractivity contribution in [1.29, 1.82) is 0 Å². The van der Waals surface area contributed by atoms with Gasteiger partial charge in [-0.25, -0.2) is 0 Å². The lowest BCUT2D eigenvalue weighted by Crippen LogP contribution is -2.03. The Morgan fingerprint density at radius 1 is 1.00 bits per heavy atom. The number of hydrogen-bond donors (Lipinski definition) is 0. The SMILES string of the molecule is CC(=O)[C@@H](C)c1ccccc1.CCC.CCC. The Morgan fingerprint density at radius 3 is 1.65 bits per heavy atom. The van der Waals surface area contributed by atoms with E-state index < -0.39 is 0 Å². The third-order valence-electron chi connectivity index (χ3n) is 1.91. The molecule has 1 aromatic carbocycles. The first-order chi connectivity index (χ1) is 8.04. The molecule has 0 saturated carbocycles. The highest BCUT2D eigenvalue weighted by molar-refractivity contribution is 5.82. The molecule has 0 saturated heterocycles. The molecular formula is C16H28O. The number of carbonyl (C=O) groups excluding carboxylic acids is 1. The van der Waals surface area contributed by atoms with Gasteiger partial charge in [0.15, 0.2) is 0 Å². The summed E-state index contributed by atoms with van der Waals surface area (Å²) in [6.07, 6.45) is 2.50. The highest BCUT2D eigenvalue weighted by atomic mass is 16.1. The summed E-state index contributed by atoms with van der Waals surface area (Å²) in [6.45, 7) is 12.1. The van der Waals surface area contributed by atoms with Crippen molar-refractivity contribution < 1.29 is 4.79 Å². The molecule has 0 aliphatic carbocycles. The first-order valence-electron chi connectivity index (χ1n) is 6.60. The zero-order valence-electron chi connectivity index (χ0n) is 12.3. The molecule has 0 spiro atoms. The van der Waals surface area contributed by atoms with Crippen LogP contribution in [0.25, 0.3) is 0 Å². The largest absolute Gasteiger partial charge is 0.299 e. The number of ketones is 1. The maximum atomic E-state index is 10.9. The van der Waals surface area contributed by atoms with Crippen LogP contribution < -0.4 is 0 Å². The third-order valence-corrected chi connectivity index (χ3v) is 1.91. The van der Waals surface area contributed by atoms with E-state index >= 15 is 0 Å². The fourth-order valence-corrected chi connectivity index (χ4v) is 0.976. The van der Waals surface area contributed by atoms with Crippen LogP contribution in [0.5, 0.6) is 0 Å². The van der Waals surface area contributed by atoms with Gasteiger partial charge in [0.1, 0.15) is 5.78 Å². The number of rotatable bonds is 2. The number of Topliss-reactive ketones (excluding diaryl/α,β-unsaturated/α-hetero) is 1. The second-order valence-electron chi connectivity index (χ2n) is 4.16. The number of carbonyl (C=O) groups is 1. The molecule has 0 N–H and O–H groups in total. The molecule has 0 unspecified atom stereocenters. The summed E-state index contributed by atoms with van der Waals surface area (Å²) in [5, 5.41) is 0. The van der Waals surface area contributed by atoms with Crippen molar-refractivity contribution in [1.82, 2.24) is 0 Å². The Balaban J connectivity index is 0. The second kappa shape index (κ2) is 13.0. The molecule has 0 fully saturated rings. The standard InChI is InChI=1S/C10H12O.2C3H8/c1-8(9(2)11)10-6-4-3-5-7-10;2*1-3-2/h3-8H,1-2H3;2*3H2,1-2H3/t8-;;/m1../s1. The van der Waals surface area contributed by atoms with Gasteiger partial charge in [-0.05, 0) is 12.5 Å². The molecule has 17 heavy (non-hydrogen) atoms. The van der Waals surface area contributed by atoms with Gasteiger partial charge in [0.05, 0.1) is 0 Å². The van der Waals surface area contributed by atoms with Crippen molar-refractivity contribution in [3.05, 3.63) is 35.9 Å². The molecule has 0 heterocycles. The molecule has 1 rings (SSSR count). The van der Waals surface area contributed by atoms with Crippen LogP contribution in [-0.2, 0) is 4.79 Å². The van der Waals surface area contributed by atoms with Crippen molar-refractivity contribution in [2.75, 3.05) is 0 Å². The van der Waals surface area contributed by atoms with Gasteiger partial charge in [0.25, 0.3) is 0 Å². The maximum Gasteiger partial charge on any atom is 0.136 e. The van der Waals surface area contributed by atoms with Crippen LogP contribution in [0, 0.1) is 0 Å². The molecule has 0 aliphatic heterocycles. The lowest BCUT2D eigenvalue weighted by atomic mass is 9.98. The van der Waals surface area contributed by atoms with E-state index in [4.69, 9.17) is 0 Å². The fourth-order valence-electron chi connectivity index (χ4n) is 0.976. The highest BCUT2D eigenvalue weighted by Crippen LogP contribution is 2.14. The fraction of sp³-hybridized carbons (Fsp3) is 0.562. The van der Waals surface area contributed by atoms with E-state index in [-0.39, 0.29) is 11.7 Å². The Bertz CT molecular complexity index is 262. The lowest BCUT2D eigenvalue weighted by molar-refractivity contribution is -0.118. The lowest BCUT2D eigenvalue weighted by Gasteiger charge is -2.05. The Hall–Kier alpha value is -1.11. The maximum absolute atomic E-state index is 10.9.